The Balaban J connectivity index is 4.60. The van der Waals surface area contributed by atoms with E-state index in [0.717, 1.165) is 89.9 Å². The summed E-state index contributed by atoms with van der Waals surface area (Å²) in [4.78, 5) is 26.1. The molecule has 0 aromatic heterocycles. The van der Waals surface area contributed by atoms with Gasteiger partial charge < -0.3 is 20.3 Å². The van der Waals surface area contributed by atoms with Crippen molar-refractivity contribution in [3.63, 3.8) is 0 Å². The lowest BCUT2D eigenvalue weighted by Crippen LogP contribution is -2.46. The van der Waals surface area contributed by atoms with Crippen LogP contribution in [0.1, 0.15) is 245 Å². The van der Waals surface area contributed by atoms with Crippen molar-refractivity contribution in [3.8, 4) is 0 Å². The molecule has 0 aliphatic rings. The Morgan fingerprint density at radius 2 is 0.948 bits per heavy atom. The molecule has 0 bridgehead atoms. The Bertz CT molecular complexity index is 1000. The summed E-state index contributed by atoms with van der Waals surface area (Å²) in [6.07, 6.45) is 54.6. The van der Waals surface area contributed by atoms with Crippen molar-refractivity contribution < 1.29 is 24.5 Å². The van der Waals surface area contributed by atoms with Gasteiger partial charge in [0, 0.05) is 6.42 Å². The van der Waals surface area contributed by atoms with Gasteiger partial charge in [0.1, 0.15) is 6.10 Å². The van der Waals surface area contributed by atoms with Gasteiger partial charge in [-0.25, -0.2) is 0 Å². The average Bonchev–Trinajstić information content (AvgIpc) is 3.22. The molecule has 3 atom stereocenters. The highest BCUT2D eigenvalue weighted by atomic mass is 16.5. The van der Waals surface area contributed by atoms with Crippen LogP contribution < -0.4 is 5.32 Å². The number of allylic oxidation sites excluding steroid dienone is 8. The van der Waals surface area contributed by atoms with Crippen LogP contribution in [0, 0.1) is 0 Å². The summed E-state index contributed by atoms with van der Waals surface area (Å²) in [5.41, 5.74) is 0. The largest absolute Gasteiger partial charge is 0.462 e. The maximum atomic E-state index is 13.2. The van der Waals surface area contributed by atoms with E-state index in [1.807, 2.05) is 0 Å². The minimum absolute atomic E-state index is 0.0610. The summed E-state index contributed by atoms with van der Waals surface area (Å²) < 4.78 is 5.91. The van der Waals surface area contributed by atoms with E-state index < -0.39 is 18.2 Å². The number of nitrogens with one attached hydrogen (secondary N) is 1. The van der Waals surface area contributed by atoms with E-state index in [0.29, 0.717) is 19.3 Å². The Kier molecular flexibility index (Phi) is 44.2. The van der Waals surface area contributed by atoms with Gasteiger partial charge in [-0.05, 0) is 70.6 Å². The fourth-order valence-corrected chi connectivity index (χ4v) is 7.42. The fourth-order valence-electron chi connectivity index (χ4n) is 7.42. The first kappa shape index (κ1) is 55.8. The smallest absolute Gasteiger partial charge is 0.306 e. The molecule has 6 heteroatoms. The molecule has 0 aliphatic heterocycles. The second-order valence-corrected chi connectivity index (χ2v) is 16.9. The minimum atomic E-state index is -0.793. The number of esters is 1. The fraction of sp³-hybridized carbons (Fsp3) is 0.808. The van der Waals surface area contributed by atoms with Crippen LogP contribution in [0.4, 0.5) is 0 Å². The molecule has 0 spiro atoms. The van der Waals surface area contributed by atoms with Gasteiger partial charge in [-0.1, -0.05) is 211 Å². The number of ether oxygens (including phenoxy) is 1. The zero-order valence-electron chi connectivity index (χ0n) is 38.4. The van der Waals surface area contributed by atoms with E-state index >= 15 is 0 Å². The highest BCUT2D eigenvalue weighted by Gasteiger charge is 2.24. The topological polar surface area (TPSA) is 95.9 Å². The molecule has 0 saturated heterocycles. The van der Waals surface area contributed by atoms with Crippen LogP contribution in [-0.2, 0) is 14.3 Å². The molecule has 3 N–H and O–H groups in total. The van der Waals surface area contributed by atoms with E-state index in [1.54, 1.807) is 0 Å². The van der Waals surface area contributed by atoms with Crippen LogP contribution in [0.2, 0.25) is 0 Å². The molecule has 0 heterocycles. The summed E-state index contributed by atoms with van der Waals surface area (Å²) >= 11 is 0. The number of aliphatic hydroxyl groups excluding tert-OH is 2. The standard InChI is InChI=1S/C52H95NO5/c1-4-7-10-13-16-19-22-24-25-26-28-30-33-36-39-42-45-52(57)58-48(43-40-37-34-31-29-27-23-20-17-14-11-8-5-2)46-51(56)53-49(47-54)50(55)44-41-38-35-32-21-18-15-12-9-6-3/h8,11,14,17,20,23,25-26,48-50,54-55H,4-7,9-10,12-13,15-16,18-19,21-22,24,27-47H2,1-3H3,(H,53,56)/b11-8+,17-14+,23-20+,26-25+. The van der Waals surface area contributed by atoms with Gasteiger partial charge >= 0.3 is 5.97 Å². The molecule has 0 saturated carbocycles. The first-order valence-corrected chi connectivity index (χ1v) is 24.9. The molecular formula is C52H95NO5. The molecule has 0 aliphatic carbocycles. The van der Waals surface area contributed by atoms with Crippen molar-refractivity contribution >= 4 is 11.9 Å². The van der Waals surface area contributed by atoms with Crippen molar-refractivity contribution in [3.05, 3.63) is 48.6 Å². The summed E-state index contributed by atoms with van der Waals surface area (Å²) in [7, 11) is 0. The molecule has 3 unspecified atom stereocenters. The third-order valence-electron chi connectivity index (χ3n) is 11.2. The zero-order valence-corrected chi connectivity index (χ0v) is 38.4. The molecular weight excluding hydrogens is 719 g/mol. The molecule has 0 rings (SSSR count). The number of carbonyl (C=O) groups excluding carboxylic acids is 2. The van der Waals surface area contributed by atoms with Gasteiger partial charge in [-0.15, -0.1) is 0 Å². The van der Waals surface area contributed by atoms with Crippen LogP contribution in [0.5, 0.6) is 0 Å². The van der Waals surface area contributed by atoms with Crippen LogP contribution in [0.25, 0.3) is 0 Å². The molecule has 0 fully saturated rings. The highest BCUT2D eigenvalue weighted by molar-refractivity contribution is 5.77. The summed E-state index contributed by atoms with van der Waals surface area (Å²) in [5.74, 6) is -0.502. The van der Waals surface area contributed by atoms with Gasteiger partial charge in [-0.3, -0.25) is 9.59 Å². The van der Waals surface area contributed by atoms with E-state index in [4.69, 9.17) is 4.74 Å². The third-order valence-corrected chi connectivity index (χ3v) is 11.2. The van der Waals surface area contributed by atoms with Gasteiger partial charge in [0.25, 0.3) is 0 Å². The first-order valence-electron chi connectivity index (χ1n) is 24.9. The van der Waals surface area contributed by atoms with Crippen molar-refractivity contribution in [2.45, 2.75) is 264 Å². The SMILES string of the molecule is CC/C=C/C=C/C=C/CCCCCCCC(CC(=O)NC(CO)C(O)CCCCCCCCCCCC)OC(=O)CCCCCCC/C=C/CCCCCCCCC. The molecule has 0 aromatic rings. The summed E-state index contributed by atoms with van der Waals surface area (Å²) in [5, 5.41) is 23.7. The van der Waals surface area contributed by atoms with E-state index in [1.165, 1.54) is 109 Å². The van der Waals surface area contributed by atoms with Crippen molar-refractivity contribution in [2.75, 3.05) is 6.61 Å². The van der Waals surface area contributed by atoms with E-state index in [9.17, 15) is 19.8 Å². The van der Waals surface area contributed by atoms with Crippen molar-refractivity contribution in [1.29, 1.82) is 0 Å². The third kappa shape index (κ3) is 40.6. The number of hydrogen-bond acceptors (Lipinski definition) is 5. The lowest BCUT2D eigenvalue weighted by atomic mass is 10.0. The Morgan fingerprint density at radius 1 is 0.517 bits per heavy atom. The van der Waals surface area contributed by atoms with Crippen LogP contribution in [0.3, 0.4) is 0 Å². The van der Waals surface area contributed by atoms with Crippen molar-refractivity contribution in [1.82, 2.24) is 5.32 Å². The predicted octanol–water partition coefficient (Wildman–Crippen LogP) is 14.7. The normalized spacial score (nSPS) is 13.7. The second-order valence-electron chi connectivity index (χ2n) is 16.9. The lowest BCUT2D eigenvalue weighted by Gasteiger charge is -2.24. The Labute approximate surface area is 359 Å². The average molecular weight is 814 g/mol. The summed E-state index contributed by atoms with van der Waals surface area (Å²) in [6.45, 7) is 6.33. The van der Waals surface area contributed by atoms with Crippen molar-refractivity contribution in [2.24, 2.45) is 0 Å². The van der Waals surface area contributed by atoms with Crippen LogP contribution in [-0.4, -0.2) is 46.9 Å². The molecule has 338 valence electrons. The number of hydrogen-bond donors (Lipinski definition) is 3. The van der Waals surface area contributed by atoms with Crippen LogP contribution in [0.15, 0.2) is 48.6 Å². The number of rotatable bonds is 44. The first-order chi connectivity index (χ1) is 28.5. The maximum absolute atomic E-state index is 13.2. The van der Waals surface area contributed by atoms with Gasteiger partial charge in [0.15, 0.2) is 0 Å². The quantitative estimate of drug-likeness (QED) is 0.0246. The van der Waals surface area contributed by atoms with Gasteiger partial charge in [0.05, 0.1) is 25.2 Å². The van der Waals surface area contributed by atoms with Gasteiger partial charge in [0.2, 0.25) is 5.91 Å². The number of amides is 1. The summed E-state index contributed by atoms with van der Waals surface area (Å²) in [6, 6.07) is -0.708. The predicted molar refractivity (Wildman–Crippen MR) is 250 cm³/mol. The molecule has 1 amide bonds. The number of carbonyl (C=O) groups is 2. The molecule has 58 heavy (non-hydrogen) atoms. The lowest BCUT2D eigenvalue weighted by molar-refractivity contribution is -0.151. The number of unbranched alkanes of at least 4 members (excludes halogenated alkanes) is 26. The Hall–Kier alpha value is -2.18. The zero-order chi connectivity index (χ0) is 42.4. The molecule has 0 radical (unpaired) electrons. The molecule has 0 aromatic carbocycles. The van der Waals surface area contributed by atoms with E-state index in [-0.39, 0.29) is 24.9 Å². The Morgan fingerprint density at radius 3 is 1.45 bits per heavy atom. The minimum Gasteiger partial charge on any atom is -0.462 e. The van der Waals surface area contributed by atoms with E-state index in [2.05, 4.69) is 74.7 Å². The second kappa shape index (κ2) is 45.9. The maximum Gasteiger partial charge on any atom is 0.306 e. The number of aliphatic hydroxyl groups is 2. The monoisotopic (exact) mass is 814 g/mol. The molecule has 6 nitrogen and oxygen atoms in total. The highest BCUT2D eigenvalue weighted by Crippen LogP contribution is 2.17. The van der Waals surface area contributed by atoms with Gasteiger partial charge in [-0.2, -0.15) is 0 Å². The van der Waals surface area contributed by atoms with Crippen LogP contribution >= 0.6 is 0 Å².